The molecular weight excluding hydrogens is 244 g/mol. The topological polar surface area (TPSA) is 110 Å². The van der Waals surface area contributed by atoms with E-state index in [2.05, 4.69) is 15.3 Å². The maximum absolute atomic E-state index is 11.5. The lowest BCUT2D eigenvalue weighted by molar-refractivity contribution is -0.119. The molecule has 1 atom stereocenters. The number of nitrogens with zero attached hydrogens (tertiary/aromatic N) is 3. The van der Waals surface area contributed by atoms with Crippen LogP contribution in [0.4, 0.5) is 17.6 Å². The van der Waals surface area contributed by atoms with Gasteiger partial charge in [-0.1, -0.05) is 0 Å². The highest BCUT2D eigenvalue weighted by Crippen LogP contribution is 2.25. The Morgan fingerprint density at radius 2 is 2.32 bits per heavy atom. The number of rotatable bonds is 4. The summed E-state index contributed by atoms with van der Waals surface area (Å²) in [7, 11) is 0. The molecule has 0 aliphatic carbocycles. The van der Waals surface area contributed by atoms with E-state index in [0.717, 1.165) is 32.4 Å². The number of aromatic nitrogens is 2. The Bertz CT molecular complexity index is 464. The fourth-order valence-corrected chi connectivity index (χ4v) is 2.37. The Morgan fingerprint density at radius 3 is 3.00 bits per heavy atom. The molecule has 0 bridgehead atoms. The van der Waals surface area contributed by atoms with Crippen molar-refractivity contribution >= 4 is 23.5 Å². The average molecular weight is 264 g/mol. The highest BCUT2D eigenvalue weighted by molar-refractivity contribution is 5.83. The van der Waals surface area contributed by atoms with Crippen LogP contribution < -0.4 is 21.7 Å². The summed E-state index contributed by atoms with van der Waals surface area (Å²) in [6, 6.07) is 1.50. The highest BCUT2D eigenvalue weighted by atomic mass is 16.1. The maximum atomic E-state index is 11.5. The molecule has 104 valence electrons. The van der Waals surface area contributed by atoms with Crippen molar-refractivity contribution in [1.82, 2.24) is 9.97 Å². The Kier molecular flexibility index (Phi) is 4.03. The third-order valence-electron chi connectivity index (χ3n) is 3.21. The van der Waals surface area contributed by atoms with Crippen LogP contribution in [0.25, 0.3) is 0 Å². The number of hydrogen-bond donors (Lipinski definition) is 3. The van der Waals surface area contributed by atoms with Crippen LogP contribution in [0.1, 0.15) is 26.2 Å². The first-order valence-electron chi connectivity index (χ1n) is 6.56. The number of nitrogens with one attached hydrogen (secondary N) is 1. The van der Waals surface area contributed by atoms with E-state index in [4.69, 9.17) is 11.5 Å². The van der Waals surface area contributed by atoms with E-state index in [1.807, 2.05) is 11.8 Å². The molecule has 7 nitrogen and oxygen atoms in total. The summed E-state index contributed by atoms with van der Waals surface area (Å²) < 4.78 is 0. The number of nitrogen functional groups attached to an aromatic ring is 1. The van der Waals surface area contributed by atoms with E-state index in [1.54, 1.807) is 6.07 Å². The number of carbonyl (C=O) groups excluding carboxylic acids is 1. The number of primary amides is 1. The molecule has 0 spiro atoms. The summed E-state index contributed by atoms with van der Waals surface area (Å²) in [6.07, 6.45) is 2.78. The second kappa shape index (κ2) is 5.73. The lowest BCUT2D eigenvalue weighted by Gasteiger charge is -2.34. The van der Waals surface area contributed by atoms with Gasteiger partial charge in [-0.2, -0.15) is 9.97 Å². The molecule has 7 heteroatoms. The van der Waals surface area contributed by atoms with E-state index in [0.29, 0.717) is 11.6 Å². The van der Waals surface area contributed by atoms with E-state index in [1.165, 1.54) is 0 Å². The van der Waals surface area contributed by atoms with Gasteiger partial charge in [0, 0.05) is 19.2 Å². The van der Waals surface area contributed by atoms with Crippen molar-refractivity contribution in [2.24, 2.45) is 5.73 Å². The monoisotopic (exact) mass is 264 g/mol. The standard InChI is InChI=1S/C12H20N6O/c1-2-15-9-7-10(17-12(14)16-9)18-6-4-3-5-8(18)11(13)19/h7-8H,2-6H2,1H3,(H2,13,19)(H3,14,15,16,17). The van der Waals surface area contributed by atoms with Crippen LogP contribution in [0.3, 0.4) is 0 Å². The molecule has 1 aliphatic rings. The zero-order valence-corrected chi connectivity index (χ0v) is 11.1. The quantitative estimate of drug-likeness (QED) is 0.723. The van der Waals surface area contributed by atoms with Crippen molar-refractivity contribution in [2.45, 2.75) is 32.2 Å². The normalized spacial score (nSPS) is 19.2. The number of carbonyl (C=O) groups is 1. The van der Waals surface area contributed by atoms with Gasteiger partial charge in [0.05, 0.1) is 0 Å². The number of anilines is 3. The van der Waals surface area contributed by atoms with Crippen molar-refractivity contribution in [1.29, 1.82) is 0 Å². The van der Waals surface area contributed by atoms with Gasteiger partial charge >= 0.3 is 0 Å². The molecule has 19 heavy (non-hydrogen) atoms. The van der Waals surface area contributed by atoms with Gasteiger partial charge in [-0.05, 0) is 26.2 Å². The van der Waals surface area contributed by atoms with E-state index >= 15 is 0 Å². The molecular formula is C12H20N6O. The molecule has 1 saturated heterocycles. The van der Waals surface area contributed by atoms with E-state index in [9.17, 15) is 4.79 Å². The molecule has 5 N–H and O–H groups in total. The van der Waals surface area contributed by atoms with Crippen LogP contribution in [0.15, 0.2) is 6.07 Å². The molecule has 0 saturated carbocycles. The van der Waals surface area contributed by atoms with Gasteiger partial charge in [0.1, 0.15) is 17.7 Å². The maximum Gasteiger partial charge on any atom is 0.240 e. The second-order valence-electron chi connectivity index (χ2n) is 4.61. The van der Waals surface area contributed by atoms with Crippen LogP contribution in [0.2, 0.25) is 0 Å². The van der Waals surface area contributed by atoms with Crippen LogP contribution in [0.5, 0.6) is 0 Å². The zero-order chi connectivity index (χ0) is 13.8. The minimum Gasteiger partial charge on any atom is -0.370 e. The SMILES string of the molecule is CCNc1cc(N2CCCCC2C(N)=O)nc(N)n1. The van der Waals surface area contributed by atoms with E-state index in [-0.39, 0.29) is 17.9 Å². The Labute approximate surface area is 112 Å². The van der Waals surface area contributed by atoms with Crippen molar-refractivity contribution in [3.8, 4) is 0 Å². The van der Waals surface area contributed by atoms with Gasteiger partial charge < -0.3 is 21.7 Å². The number of nitrogens with two attached hydrogens (primary N) is 2. The molecule has 1 fully saturated rings. The molecule has 2 heterocycles. The predicted octanol–water partition coefficient (Wildman–Crippen LogP) is 0.335. The summed E-state index contributed by atoms with van der Waals surface area (Å²) in [6.45, 7) is 3.48. The van der Waals surface area contributed by atoms with Gasteiger partial charge in [-0.3, -0.25) is 4.79 Å². The van der Waals surface area contributed by atoms with Gasteiger partial charge in [0.25, 0.3) is 0 Å². The molecule has 0 aromatic carbocycles. The summed E-state index contributed by atoms with van der Waals surface area (Å²) in [5.41, 5.74) is 11.2. The second-order valence-corrected chi connectivity index (χ2v) is 4.61. The summed E-state index contributed by atoms with van der Waals surface area (Å²) in [5, 5.41) is 3.10. The first-order chi connectivity index (χ1) is 9.11. The van der Waals surface area contributed by atoms with Gasteiger partial charge in [0.2, 0.25) is 11.9 Å². The van der Waals surface area contributed by atoms with Crippen molar-refractivity contribution in [2.75, 3.05) is 29.0 Å². The summed E-state index contributed by atoms with van der Waals surface area (Å²) in [4.78, 5) is 21.8. The third-order valence-corrected chi connectivity index (χ3v) is 3.21. The number of piperidine rings is 1. The van der Waals surface area contributed by atoms with Gasteiger partial charge in [-0.25, -0.2) is 0 Å². The van der Waals surface area contributed by atoms with E-state index < -0.39 is 0 Å². The molecule has 1 aliphatic heterocycles. The zero-order valence-electron chi connectivity index (χ0n) is 11.1. The molecule has 2 rings (SSSR count). The Balaban J connectivity index is 2.30. The Morgan fingerprint density at radius 1 is 1.53 bits per heavy atom. The Hall–Kier alpha value is -2.05. The van der Waals surface area contributed by atoms with Crippen LogP contribution in [-0.4, -0.2) is 35.0 Å². The molecule has 1 unspecified atom stereocenters. The highest BCUT2D eigenvalue weighted by Gasteiger charge is 2.28. The van der Waals surface area contributed by atoms with Crippen molar-refractivity contribution < 1.29 is 4.79 Å². The first kappa shape index (κ1) is 13.4. The van der Waals surface area contributed by atoms with Crippen molar-refractivity contribution in [3.63, 3.8) is 0 Å². The number of amides is 1. The smallest absolute Gasteiger partial charge is 0.240 e. The first-order valence-corrected chi connectivity index (χ1v) is 6.56. The summed E-state index contributed by atoms with van der Waals surface area (Å²) >= 11 is 0. The van der Waals surface area contributed by atoms with Crippen LogP contribution in [-0.2, 0) is 4.79 Å². The lowest BCUT2D eigenvalue weighted by atomic mass is 10.0. The molecule has 0 radical (unpaired) electrons. The fraction of sp³-hybridized carbons (Fsp3) is 0.583. The minimum atomic E-state index is -0.318. The lowest BCUT2D eigenvalue weighted by Crippen LogP contribution is -2.48. The predicted molar refractivity (Wildman–Crippen MR) is 74.8 cm³/mol. The van der Waals surface area contributed by atoms with Gasteiger partial charge in [0.15, 0.2) is 0 Å². The average Bonchev–Trinajstić information content (AvgIpc) is 2.38. The van der Waals surface area contributed by atoms with Crippen LogP contribution in [0, 0.1) is 0 Å². The minimum absolute atomic E-state index is 0.197. The third kappa shape index (κ3) is 3.04. The summed E-state index contributed by atoms with van der Waals surface area (Å²) in [5.74, 6) is 1.20. The molecule has 1 amide bonds. The molecule has 1 aromatic rings. The van der Waals surface area contributed by atoms with Gasteiger partial charge in [-0.15, -0.1) is 0 Å². The largest absolute Gasteiger partial charge is 0.370 e. The number of hydrogen-bond acceptors (Lipinski definition) is 6. The fourth-order valence-electron chi connectivity index (χ4n) is 2.37. The molecule has 1 aromatic heterocycles. The van der Waals surface area contributed by atoms with Crippen LogP contribution >= 0.6 is 0 Å². The van der Waals surface area contributed by atoms with Crippen molar-refractivity contribution in [3.05, 3.63) is 6.07 Å².